The highest BCUT2D eigenvalue weighted by Gasteiger charge is 2.21. The van der Waals surface area contributed by atoms with Gasteiger partial charge in [0.1, 0.15) is 0 Å². The van der Waals surface area contributed by atoms with E-state index in [-0.39, 0.29) is 0 Å². The molecule has 0 aromatic rings. The molecule has 0 atom stereocenters. The number of hydrogen-bond acceptors (Lipinski definition) is 0. The second-order valence-electron chi connectivity index (χ2n) is 3.27. The van der Waals surface area contributed by atoms with Gasteiger partial charge in [-0.05, 0) is 38.0 Å². The first kappa shape index (κ1) is 7.84. The summed E-state index contributed by atoms with van der Waals surface area (Å²) in [7, 11) is 0. The lowest BCUT2D eigenvalue weighted by Gasteiger charge is -2.00. The molecule has 1 aliphatic rings. The van der Waals surface area contributed by atoms with Crippen LogP contribution in [0.2, 0.25) is 0 Å². The first-order valence-electron chi connectivity index (χ1n) is 4.54. The molecule has 0 aromatic carbocycles. The van der Waals surface area contributed by atoms with Gasteiger partial charge in [-0.25, -0.2) is 0 Å². The minimum absolute atomic E-state index is 1.07. The van der Waals surface area contributed by atoms with Crippen molar-refractivity contribution < 1.29 is 0 Å². The van der Waals surface area contributed by atoms with Crippen LogP contribution in [0, 0.1) is 5.92 Å². The van der Waals surface area contributed by atoms with Crippen molar-refractivity contribution in [2.75, 3.05) is 0 Å². The van der Waals surface area contributed by atoms with Crippen LogP contribution in [0.15, 0.2) is 11.6 Å². The Balaban J connectivity index is 2.24. The molecule has 0 spiro atoms. The van der Waals surface area contributed by atoms with Gasteiger partial charge >= 0.3 is 0 Å². The Morgan fingerprint density at radius 1 is 1.40 bits per heavy atom. The number of allylic oxidation sites excluding steroid dienone is 2. The van der Waals surface area contributed by atoms with E-state index in [4.69, 9.17) is 0 Å². The van der Waals surface area contributed by atoms with Crippen LogP contribution in [-0.2, 0) is 0 Å². The molecule has 0 aliphatic heterocycles. The van der Waals surface area contributed by atoms with Crippen LogP contribution in [0.5, 0.6) is 0 Å². The molecule has 0 amide bonds. The molecule has 0 aromatic heterocycles. The van der Waals surface area contributed by atoms with Gasteiger partial charge in [0.15, 0.2) is 0 Å². The number of hydrogen-bond donors (Lipinski definition) is 0. The van der Waals surface area contributed by atoms with E-state index in [0.717, 1.165) is 5.92 Å². The molecule has 0 unspecified atom stereocenters. The fourth-order valence-electron chi connectivity index (χ4n) is 1.35. The van der Waals surface area contributed by atoms with Crippen LogP contribution < -0.4 is 0 Å². The van der Waals surface area contributed by atoms with Gasteiger partial charge in [-0.3, -0.25) is 0 Å². The van der Waals surface area contributed by atoms with Crippen molar-refractivity contribution in [3.63, 3.8) is 0 Å². The average Bonchev–Trinajstić information content (AvgIpc) is 2.71. The molecular formula is C10H18. The summed E-state index contributed by atoms with van der Waals surface area (Å²) in [5.74, 6) is 1.07. The van der Waals surface area contributed by atoms with E-state index >= 15 is 0 Å². The fraction of sp³-hybridized carbons (Fsp3) is 0.800. The molecule has 0 heterocycles. The maximum atomic E-state index is 2.40. The molecule has 0 nitrogen and oxygen atoms in total. The van der Waals surface area contributed by atoms with Crippen molar-refractivity contribution in [2.24, 2.45) is 5.92 Å². The van der Waals surface area contributed by atoms with Crippen LogP contribution in [0.3, 0.4) is 0 Å². The van der Waals surface area contributed by atoms with Gasteiger partial charge in [-0.15, -0.1) is 0 Å². The molecule has 0 N–H and O–H groups in total. The van der Waals surface area contributed by atoms with E-state index in [1.807, 2.05) is 0 Å². The van der Waals surface area contributed by atoms with Crippen molar-refractivity contribution in [3.8, 4) is 0 Å². The quantitative estimate of drug-likeness (QED) is 0.521. The largest absolute Gasteiger partial charge is 0.0856 e. The summed E-state index contributed by atoms with van der Waals surface area (Å²) in [4.78, 5) is 0. The summed E-state index contributed by atoms with van der Waals surface area (Å²) in [6.07, 6.45) is 9.25. The molecule has 0 bridgehead atoms. The first-order valence-corrected chi connectivity index (χ1v) is 4.54. The second kappa shape index (κ2) is 3.80. The Bertz CT molecular complexity index is 118. The summed E-state index contributed by atoms with van der Waals surface area (Å²) in [5.41, 5.74) is 1.69. The van der Waals surface area contributed by atoms with E-state index in [0.29, 0.717) is 0 Å². The number of rotatable bonds is 4. The molecule has 1 saturated carbocycles. The topological polar surface area (TPSA) is 0 Å². The predicted octanol–water partition coefficient (Wildman–Crippen LogP) is 3.53. The lowest BCUT2D eigenvalue weighted by Crippen LogP contribution is -1.82. The first-order chi connectivity index (χ1) is 4.86. The molecule has 58 valence electrons. The Labute approximate surface area is 64.3 Å². The Morgan fingerprint density at radius 2 is 2.10 bits per heavy atom. The molecule has 0 saturated heterocycles. The smallest absolute Gasteiger partial charge is 0.0292 e. The third-order valence-corrected chi connectivity index (χ3v) is 2.19. The molecule has 1 fully saturated rings. The SMILES string of the molecule is CCC=C(CC)CC1CC1. The van der Waals surface area contributed by atoms with Gasteiger partial charge in [-0.2, -0.15) is 0 Å². The molecule has 1 rings (SSSR count). The van der Waals surface area contributed by atoms with Gasteiger partial charge in [0.05, 0.1) is 0 Å². The second-order valence-corrected chi connectivity index (χ2v) is 3.27. The summed E-state index contributed by atoms with van der Waals surface area (Å²) < 4.78 is 0. The highest BCUT2D eigenvalue weighted by molar-refractivity contribution is 5.03. The highest BCUT2D eigenvalue weighted by Crippen LogP contribution is 2.35. The van der Waals surface area contributed by atoms with Crippen LogP contribution in [0.1, 0.15) is 46.0 Å². The van der Waals surface area contributed by atoms with Crippen LogP contribution in [0.4, 0.5) is 0 Å². The van der Waals surface area contributed by atoms with Crippen LogP contribution in [0.25, 0.3) is 0 Å². The summed E-state index contributed by atoms with van der Waals surface area (Å²) in [6, 6.07) is 0. The standard InChI is InChI=1S/C10H18/c1-3-5-9(4-2)8-10-6-7-10/h5,10H,3-4,6-8H2,1-2H3. The van der Waals surface area contributed by atoms with Gasteiger partial charge in [0, 0.05) is 0 Å². The van der Waals surface area contributed by atoms with Crippen LogP contribution >= 0.6 is 0 Å². The van der Waals surface area contributed by atoms with Crippen molar-refractivity contribution in [2.45, 2.75) is 46.0 Å². The maximum absolute atomic E-state index is 2.40. The normalized spacial score (nSPS) is 19.6. The van der Waals surface area contributed by atoms with Crippen molar-refractivity contribution >= 4 is 0 Å². The zero-order chi connectivity index (χ0) is 7.40. The van der Waals surface area contributed by atoms with Gasteiger partial charge in [0.2, 0.25) is 0 Å². The van der Waals surface area contributed by atoms with Crippen molar-refractivity contribution in [1.82, 2.24) is 0 Å². The van der Waals surface area contributed by atoms with Crippen molar-refractivity contribution in [3.05, 3.63) is 11.6 Å². The molecule has 0 heteroatoms. The van der Waals surface area contributed by atoms with E-state index in [2.05, 4.69) is 19.9 Å². The zero-order valence-electron chi connectivity index (χ0n) is 7.19. The highest BCUT2D eigenvalue weighted by atomic mass is 14.3. The molecule has 0 radical (unpaired) electrons. The van der Waals surface area contributed by atoms with Crippen molar-refractivity contribution in [1.29, 1.82) is 0 Å². The fourth-order valence-corrected chi connectivity index (χ4v) is 1.35. The third kappa shape index (κ3) is 2.55. The zero-order valence-corrected chi connectivity index (χ0v) is 7.19. The van der Waals surface area contributed by atoms with Crippen LogP contribution in [-0.4, -0.2) is 0 Å². The van der Waals surface area contributed by atoms with E-state index in [9.17, 15) is 0 Å². The van der Waals surface area contributed by atoms with E-state index in [1.165, 1.54) is 32.1 Å². The minimum atomic E-state index is 1.07. The monoisotopic (exact) mass is 138 g/mol. The van der Waals surface area contributed by atoms with E-state index < -0.39 is 0 Å². The minimum Gasteiger partial charge on any atom is -0.0856 e. The molecule has 10 heavy (non-hydrogen) atoms. The molecular weight excluding hydrogens is 120 g/mol. The summed E-state index contributed by atoms with van der Waals surface area (Å²) >= 11 is 0. The predicted molar refractivity (Wildman–Crippen MR) is 46.0 cm³/mol. The van der Waals surface area contributed by atoms with Gasteiger partial charge < -0.3 is 0 Å². The van der Waals surface area contributed by atoms with E-state index in [1.54, 1.807) is 5.57 Å². The third-order valence-electron chi connectivity index (χ3n) is 2.19. The van der Waals surface area contributed by atoms with Gasteiger partial charge in [0.25, 0.3) is 0 Å². The van der Waals surface area contributed by atoms with Gasteiger partial charge in [-0.1, -0.05) is 25.5 Å². The Hall–Kier alpha value is -0.260. The Morgan fingerprint density at radius 3 is 2.50 bits per heavy atom. The average molecular weight is 138 g/mol. The Kier molecular flexibility index (Phi) is 2.98. The summed E-state index contributed by atoms with van der Waals surface area (Å²) in [5, 5.41) is 0. The maximum Gasteiger partial charge on any atom is -0.0292 e. The summed E-state index contributed by atoms with van der Waals surface area (Å²) in [6.45, 7) is 4.49. The molecule has 1 aliphatic carbocycles. The lowest BCUT2D eigenvalue weighted by atomic mass is 10.1. The lowest BCUT2D eigenvalue weighted by molar-refractivity contribution is 0.782.